The molecule has 2 aromatic rings. The Labute approximate surface area is 107 Å². The van der Waals surface area contributed by atoms with Crippen molar-refractivity contribution < 1.29 is 0 Å². The Bertz CT molecular complexity index is 461. The Hall–Kier alpha value is -0.810. The fourth-order valence-corrected chi connectivity index (χ4v) is 2.70. The summed E-state index contributed by atoms with van der Waals surface area (Å²) >= 11 is 5.14. The SMILES string of the molecule is CC(C)CNc1cc(-c2cc(Br)cs2)[nH]n1. The van der Waals surface area contributed by atoms with Gasteiger partial charge in [0.15, 0.2) is 0 Å². The van der Waals surface area contributed by atoms with Gasteiger partial charge in [-0.05, 0) is 27.9 Å². The molecule has 0 spiro atoms. The van der Waals surface area contributed by atoms with Crippen molar-refractivity contribution in [2.24, 2.45) is 5.92 Å². The molecular formula is C11H14BrN3S. The standard InChI is InChI=1S/C11H14BrN3S/c1-7(2)5-13-11-4-9(14-15-11)10-3-8(12)6-16-10/h3-4,6-7H,5H2,1-2H3,(H2,13,14,15). The van der Waals surface area contributed by atoms with E-state index in [1.54, 1.807) is 11.3 Å². The van der Waals surface area contributed by atoms with E-state index in [4.69, 9.17) is 0 Å². The van der Waals surface area contributed by atoms with Gasteiger partial charge in [0.2, 0.25) is 0 Å². The van der Waals surface area contributed by atoms with Gasteiger partial charge in [0.1, 0.15) is 5.82 Å². The molecule has 0 fully saturated rings. The minimum Gasteiger partial charge on any atom is -0.368 e. The number of nitrogens with zero attached hydrogens (tertiary/aromatic N) is 1. The molecule has 0 unspecified atom stereocenters. The molecule has 5 heteroatoms. The van der Waals surface area contributed by atoms with Gasteiger partial charge in [-0.15, -0.1) is 11.3 Å². The second kappa shape index (κ2) is 5.01. The molecule has 16 heavy (non-hydrogen) atoms. The largest absolute Gasteiger partial charge is 0.368 e. The lowest BCUT2D eigenvalue weighted by Crippen LogP contribution is -2.07. The highest BCUT2D eigenvalue weighted by molar-refractivity contribution is 9.10. The fraction of sp³-hybridized carbons (Fsp3) is 0.364. The lowest BCUT2D eigenvalue weighted by molar-refractivity contribution is 0.687. The van der Waals surface area contributed by atoms with Crippen LogP contribution >= 0.6 is 27.3 Å². The second-order valence-corrected chi connectivity index (χ2v) is 5.90. The van der Waals surface area contributed by atoms with Crippen LogP contribution in [0.15, 0.2) is 22.0 Å². The summed E-state index contributed by atoms with van der Waals surface area (Å²) in [7, 11) is 0. The molecule has 0 atom stereocenters. The first-order valence-corrected chi connectivity index (χ1v) is 6.86. The normalized spacial score (nSPS) is 11.0. The van der Waals surface area contributed by atoms with E-state index in [1.807, 2.05) is 6.07 Å². The number of hydrogen-bond acceptors (Lipinski definition) is 3. The number of H-pyrrole nitrogens is 1. The van der Waals surface area contributed by atoms with Gasteiger partial charge < -0.3 is 5.32 Å². The maximum Gasteiger partial charge on any atom is 0.148 e. The minimum atomic E-state index is 0.621. The molecule has 86 valence electrons. The molecule has 0 saturated heterocycles. The third kappa shape index (κ3) is 2.86. The number of hydrogen-bond donors (Lipinski definition) is 2. The first-order valence-electron chi connectivity index (χ1n) is 5.19. The Morgan fingerprint density at radius 2 is 2.31 bits per heavy atom. The zero-order chi connectivity index (χ0) is 11.5. The number of aromatic nitrogens is 2. The van der Waals surface area contributed by atoms with E-state index in [-0.39, 0.29) is 0 Å². The van der Waals surface area contributed by atoms with E-state index in [0.717, 1.165) is 22.5 Å². The average Bonchev–Trinajstić information content (AvgIpc) is 2.83. The summed E-state index contributed by atoms with van der Waals surface area (Å²) in [4.78, 5) is 1.19. The first kappa shape index (κ1) is 11.7. The van der Waals surface area contributed by atoms with Gasteiger partial charge in [-0.1, -0.05) is 13.8 Å². The Morgan fingerprint density at radius 3 is 2.94 bits per heavy atom. The number of halogens is 1. The number of rotatable bonds is 4. The summed E-state index contributed by atoms with van der Waals surface area (Å²) in [5.41, 5.74) is 1.06. The van der Waals surface area contributed by atoms with Crippen molar-refractivity contribution in [1.29, 1.82) is 0 Å². The lowest BCUT2D eigenvalue weighted by atomic mass is 10.2. The van der Waals surface area contributed by atoms with Crippen molar-refractivity contribution >= 4 is 33.1 Å². The number of thiophene rings is 1. The quantitative estimate of drug-likeness (QED) is 0.897. The van der Waals surface area contributed by atoms with Crippen LogP contribution in [0.1, 0.15) is 13.8 Å². The van der Waals surface area contributed by atoms with E-state index in [1.165, 1.54) is 4.88 Å². The zero-order valence-corrected chi connectivity index (χ0v) is 11.7. The molecule has 0 aliphatic rings. The molecule has 2 N–H and O–H groups in total. The number of anilines is 1. The second-order valence-electron chi connectivity index (χ2n) is 4.07. The Balaban J connectivity index is 2.07. The summed E-state index contributed by atoms with van der Waals surface area (Å²) < 4.78 is 1.11. The van der Waals surface area contributed by atoms with Gasteiger partial charge in [0, 0.05) is 22.5 Å². The van der Waals surface area contributed by atoms with Crippen molar-refractivity contribution in [1.82, 2.24) is 10.2 Å². The summed E-state index contributed by atoms with van der Waals surface area (Å²) in [5.74, 6) is 1.53. The summed E-state index contributed by atoms with van der Waals surface area (Å²) in [6, 6.07) is 4.13. The van der Waals surface area contributed by atoms with E-state index < -0.39 is 0 Å². The average molecular weight is 300 g/mol. The first-order chi connectivity index (χ1) is 7.65. The van der Waals surface area contributed by atoms with Crippen molar-refractivity contribution in [2.75, 3.05) is 11.9 Å². The maximum absolute atomic E-state index is 4.23. The van der Waals surface area contributed by atoms with Crippen LogP contribution in [0.4, 0.5) is 5.82 Å². The van der Waals surface area contributed by atoms with E-state index in [2.05, 4.69) is 56.7 Å². The van der Waals surface area contributed by atoms with Gasteiger partial charge in [0.25, 0.3) is 0 Å². The van der Waals surface area contributed by atoms with Gasteiger partial charge in [0.05, 0.1) is 10.6 Å². The third-order valence-electron chi connectivity index (χ3n) is 2.10. The smallest absolute Gasteiger partial charge is 0.148 e. The molecule has 0 aliphatic heterocycles. The molecule has 0 aliphatic carbocycles. The topological polar surface area (TPSA) is 40.7 Å². The highest BCUT2D eigenvalue weighted by Crippen LogP contribution is 2.29. The zero-order valence-electron chi connectivity index (χ0n) is 9.25. The maximum atomic E-state index is 4.23. The molecule has 0 saturated carbocycles. The van der Waals surface area contributed by atoms with Gasteiger partial charge in [-0.2, -0.15) is 5.10 Å². The van der Waals surface area contributed by atoms with Crippen LogP contribution in [-0.2, 0) is 0 Å². The van der Waals surface area contributed by atoms with Crippen LogP contribution in [0.25, 0.3) is 10.6 Å². The molecule has 2 rings (SSSR count). The molecular weight excluding hydrogens is 286 g/mol. The number of aromatic amines is 1. The Kier molecular flexibility index (Phi) is 3.66. The predicted octanol–water partition coefficient (Wildman–Crippen LogP) is 3.97. The van der Waals surface area contributed by atoms with Gasteiger partial charge >= 0.3 is 0 Å². The van der Waals surface area contributed by atoms with Crippen LogP contribution in [-0.4, -0.2) is 16.7 Å². The molecule has 0 radical (unpaired) electrons. The van der Waals surface area contributed by atoms with Crippen molar-refractivity contribution in [2.45, 2.75) is 13.8 Å². The molecule has 2 aromatic heterocycles. The molecule has 0 bridgehead atoms. The van der Waals surface area contributed by atoms with E-state index in [9.17, 15) is 0 Å². The summed E-state index contributed by atoms with van der Waals surface area (Å²) in [5, 5.41) is 12.6. The monoisotopic (exact) mass is 299 g/mol. The summed E-state index contributed by atoms with van der Waals surface area (Å²) in [6.45, 7) is 5.30. The molecule has 2 heterocycles. The van der Waals surface area contributed by atoms with Crippen LogP contribution in [0.2, 0.25) is 0 Å². The van der Waals surface area contributed by atoms with Gasteiger partial charge in [-0.3, -0.25) is 5.10 Å². The lowest BCUT2D eigenvalue weighted by Gasteiger charge is -2.04. The van der Waals surface area contributed by atoms with Crippen LogP contribution in [0, 0.1) is 5.92 Å². The van der Waals surface area contributed by atoms with Crippen LogP contribution in [0.5, 0.6) is 0 Å². The molecule has 3 nitrogen and oxygen atoms in total. The fourth-order valence-electron chi connectivity index (χ4n) is 1.30. The highest BCUT2D eigenvalue weighted by Gasteiger charge is 2.05. The van der Waals surface area contributed by atoms with E-state index >= 15 is 0 Å². The molecule has 0 amide bonds. The van der Waals surface area contributed by atoms with E-state index in [0.29, 0.717) is 5.92 Å². The highest BCUT2D eigenvalue weighted by atomic mass is 79.9. The Morgan fingerprint density at radius 1 is 1.50 bits per heavy atom. The summed E-state index contributed by atoms with van der Waals surface area (Å²) in [6.07, 6.45) is 0. The number of nitrogens with one attached hydrogen (secondary N) is 2. The van der Waals surface area contributed by atoms with Crippen molar-refractivity contribution in [3.05, 3.63) is 22.0 Å². The third-order valence-corrected chi connectivity index (χ3v) is 3.83. The van der Waals surface area contributed by atoms with Crippen molar-refractivity contribution in [3.8, 4) is 10.6 Å². The minimum absolute atomic E-state index is 0.621. The van der Waals surface area contributed by atoms with Gasteiger partial charge in [-0.25, -0.2) is 0 Å². The van der Waals surface area contributed by atoms with Crippen LogP contribution < -0.4 is 5.32 Å². The van der Waals surface area contributed by atoms with Crippen LogP contribution in [0.3, 0.4) is 0 Å². The van der Waals surface area contributed by atoms with Crippen molar-refractivity contribution in [3.63, 3.8) is 0 Å². The molecule has 0 aromatic carbocycles. The predicted molar refractivity (Wildman–Crippen MR) is 72.9 cm³/mol.